The molecule has 1 aromatic rings. The van der Waals surface area contributed by atoms with Crippen molar-refractivity contribution in [3.8, 4) is 0 Å². The molecular weight excluding hydrogens is 260 g/mol. The van der Waals surface area contributed by atoms with Crippen LogP contribution in [-0.4, -0.2) is 19.0 Å². The Morgan fingerprint density at radius 1 is 1.26 bits per heavy atom. The molecule has 1 spiro atoms. The van der Waals surface area contributed by atoms with Crippen LogP contribution in [0, 0.1) is 0 Å². The van der Waals surface area contributed by atoms with E-state index in [4.69, 9.17) is 5.73 Å². The maximum Gasteiger partial charge on any atom is 0.228 e. The van der Waals surface area contributed by atoms with Crippen LogP contribution in [0.2, 0.25) is 0 Å². The molecule has 1 heterocycles. The molecule has 0 bridgehead atoms. The van der Waals surface area contributed by atoms with Crippen molar-refractivity contribution in [2.45, 2.75) is 37.5 Å². The molecule has 1 aliphatic heterocycles. The minimum Gasteiger partial charge on any atom is -0.330 e. The molecule has 19 heavy (non-hydrogen) atoms. The van der Waals surface area contributed by atoms with Crippen LogP contribution in [0.1, 0.15) is 37.7 Å². The average Bonchev–Trinajstić information content (AvgIpc) is 2.98. The number of hydrogen-bond donors (Lipinski definition) is 1. The Labute approximate surface area is 120 Å². The second-order valence-electron chi connectivity index (χ2n) is 5.52. The van der Waals surface area contributed by atoms with Gasteiger partial charge in [0.2, 0.25) is 5.91 Å². The Morgan fingerprint density at radius 2 is 1.95 bits per heavy atom. The van der Waals surface area contributed by atoms with Gasteiger partial charge in [-0.15, -0.1) is 12.4 Å². The van der Waals surface area contributed by atoms with E-state index >= 15 is 0 Å². The van der Waals surface area contributed by atoms with Crippen molar-refractivity contribution in [2.75, 3.05) is 18.0 Å². The van der Waals surface area contributed by atoms with Crippen LogP contribution >= 0.6 is 12.4 Å². The first-order chi connectivity index (χ1) is 8.77. The van der Waals surface area contributed by atoms with Crippen molar-refractivity contribution in [2.24, 2.45) is 5.73 Å². The van der Waals surface area contributed by atoms with Crippen molar-refractivity contribution in [3.05, 3.63) is 29.8 Å². The van der Waals surface area contributed by atoms with Gasteiger partial charge in [-0.05, 0) is 24.5 Å². The summed E-state index contributed by atoms with van der Waals surface area (Å²) < 4.78 is 0. The summed E-state index contributed by atoms with van der Waals surface area (Å²) in [5.41, 5.74) is 8.26. The Kier molecular flexibility index (Phi) is 4.16. The molecule has 1 saturated carbocycles. The third kappa shape index (κ3) is 2.26. The molecule has 0 atom stereocenters. The molecule has 1 aliphatic carbocycles. The quantitative estimate of drug-likeness (QED) is 0.905. The van der Waals surface area contributed by atoms with Gasteiger partial charge >= 0.3 is 0 Å². The first-order valence-corrected chi connectivity index (χ1v) is 6.87. The van der Waals surface area contributed by atoms with E-state index in [-0.39, 0.29) is 23.7 Å². The van der Waals surface area contributed by atoms with E-state index in [0.717, 1.165) is 12.2 Å². The Hall–Kier alpha value is -1.06. The first-order valence-electron chi connectivity index (χ1n) is 6.87. The molecule has 0 aromatic heterocycles. The van der Waals surface area contributed by atoms with Crippen molar-refractivity contribution >= 4 is 24.0 Å². The number of rotatable bonds is 2. The maximum absolute atomic E-state index is 12.2. The number of nitrogens with two attached hydrogens (primary N) is 1. The summed E-state index contributed by atoms with van der Waals surface area (Å²) in [4.78, 5) is 14.2. The van der Waals surface area contributed by atoms with Crippen LogP contribution in [0.15, 0.2) is 24.3 Å². The molecule has 2 N–H and O–H groups in total. The van der Waals surface area contributed by atoms with Crippen LogP contribution in [-0.2, 0) is 10.2 Å². The minimum atomic E-state index is 0. The SMILES string of the molecule is Cl.NCCC(=O)N1CC2(CCCC2)c2ccccc21. The molecule has 0 saturated heterocycles. The molecule has 1 aromatic carbocycles. The highest BCUT2D eigenvalue weighted by atomic mass is 35.5. The van der Waals surface area contributed by atoms with Gasteiger partial charge in [0.15, 0.2) is 0 Å². The molecular formula is C15H21ClN2O. The maximum atomic E-state index is 12.2. The molecule has 104 valence electrons. The fourth-order valence-corrected chi connectivity index (χ4v) is 3.59. The van der Waals surface area contributed by atoms with E-state index in [9.17, 15) is 4.79 Å². The predicted octanol–water partition coefficient (Wildman–Crippen LogP) is 2.62. The lowest BCUT2D eigenvalue weighted by Crippen LogP contribution is -2.36. The number of para-hydroxylation sites is 1. The van der Waals surface area contributed by atoms with Gasteiger partial charge in [0.1, 0.15) is 0 Å². The smallest absolute Gasteiger partial charge is 0.228 e. The third-order valence-electron chi connectivity index (χ3n) is 4.45. The molecule has 3 nitrogen and oxygen atoms in total. The first kappa shape index (κ1) is 14.4. The van der Waals surface area contributed by atoms with Gasteiger partial charge in [-0.3, -0.25) is 4.79 Å². The summed E-state index contributed by atoms with van der Waals surface area (Å²) in [5.74, 6) is 0.175. The zero-order chi connectivity index (χ0) is 12.6. The predicted molar refractivity (Wildman–Crippen MR) is 79.9 cm³/mol. The van der Waals surface area contributed by atoms with Crippen LogP contribution < -0.4 is 10.6 Å². The summed E-state index contributed by atoms with van der Waals surface area (Å²) in [6.45, 7) is 1.30. The number of fused-ring (bicyclic) bond motifs is 2. The number of hydrogen-bond acceptors (Lipinski definition) is 2. The van der Waals surface area contributed by atoms with Crippen molar-refractivity contribution in [3.63, 3.8) is 0 Å². The number of carbonyl (C=O) groups is 1. The van der Waals surface area contributed by atoms with Crippen molar-refractivity contribution in [1.29, 1.82) is 0 Å². The molecule has 3 rings (SSSR count). The Morgan fingerprint density at radius 3 is 2.63 bits per heavy atom. The Bertz CT molecular complexity index is 469. The third-order valence-corrected chi connectivity index (χ3v) is 4.45. The number of benzene rings is 1. The van der Waals surface area contributed by atoms with Gasteiger partial charge in [0.25, 0.3) is 0 Å². The number of carbonyl (C=O) groups excluding carboxylic acids is 1. The monoisotopic (exact) mass is 280 g/mol. The summed E-state index contributed by atoms with van der Waals surface area (Å²) in [7, 11) is 0. The van der Waals surface area contributed by atoms with Crippen molar-refractivity contribution in [1.82, 2.24) is 0 Å². The van der Waals surface area contributed by atoms with Gasteiger partial charge in [-0.1, -0.05) is 31.0 Å². The lowest BCUT2D eigenvalue weighted by molar-refractivity contribution is -0.118. The van der Waals surface area contributed by atoms with E-state index in [0.29, 0.717) is 13.0 Å². The molecule has 0 radical (unpaired) electrons. The number of anilines is 1. The fourth-order valence-electron chi connectivity index (χ4n) is 3.59. The highest BCUT2D eigenvalue weighted by molar-refractivity contribution is 5.96. The zero-order valence-electron chi connectivity index (χ0n) is 11.1. The number of amides is 1. The Balaban J connectivity index is 0.00000133. The van der Waals surface area contributed by atoms with Crippen LogP contribution in [0.4, 0.5) is 5.69 Å². The van der Waals surface area contributed by atoms with E-state index in [1.165, 1.54) is 31.2 Å². The van der Waals surface area contributed by atoms with E-state index in [2.05, 4.69) is 18.2 Å². The number of nitrogens with zero attached hydrogens (tertiary/aromatic N) is 1. The summed E-state index contributed by atoms with van der Waals surface area (Å²) in [5, 5.41) is 0. The lowest BCUT2D eigenvalue weighted by atomic mass is 9.81. The standard InChI is InChI=1S/C15H20N2O.ClH/c16-10-7-14(18)17-11-15(8-3-4-9-15)12-5-1-2-6-13(12)17;/h1-2,5-6H,3-4,7-11,16H2;1H. The second kappa shape index (κ2) is 5.51. The van der Waals surface area contributed by atoms with Gasteiger partial charge < -0.3 is 10.6 Å². The second-order valence-corrected chi connectivity index (χ2v) is 5.52. The van der Waals surface area contributed by atoms with Crippen LogP contribution in [0.25, 0.3) is 0 Å². The van der Waals surface area contributed by atoms with Gasteiger partial charge in [0.05, 0.1) is 0 Å². The normalized spacial score (nSPS) is 19.3. The summed E-state index contributed by atoms with van der Waals surface area (Å²) >= 11 is 0. The molecule has 4 heteroatoms. The summed E-state index contributed by atoms with van der Waals surface area (Å²) in [6, 6.07) is 8.40. The lowest BCUT2D eigenvalue weighted by Gasteiger charge is -2.24. The summed E-state index contributed by atoms with van der Waals surface area (Å²) in [6.07, 6.45) is 5.46. The zero-order valence-corrected chi connectivity index (χ0v) is 11.9. The van der Waals surface area contributed by atoms with Crippen LogP contribution in [0.3, 0.4) is 0 Å². The molecule has 1 fully saturated rings. The minimum absolute atomic E-state index is 0. The van der Waals surface area contributed by atoms with Gasteiger partial charge in [-0.2, -0.15) is 0 Å². The highest BCUT2D eigenvalue weighted by Crippen LogP contribution is 2.50. The molecule has 1 amide bonds. The van der Waals surface area contributed by atoms with Crippen LogP contribution in [0.5, 0.6) is 0 Å². The highest BCUT2D eigenvalue weighted by Gasteiger charge is 2.45. The van der Waals surface area contributed by atoms with E-state index in [1.807, 2.05) is 11.0 Å². The van der Waals surface area contributed by atoms with E-state index < -0.39 is 0 Å². The van der Waals surface area contributed by atoms with E-state index in [1.54, 1.807) is 0 Å². The number of halogens is 1. The van der Waals surface area contributed by atoms with Crippen molar-refractivity contribution < 1.29 is 4.79 Å². The fraction of sp³-hybridized carbons (Fsp3) is 0.533. The van der Waals surface area contributed by atoms with Gasteiger partial charge in [-0.25, -0.2) is 0 Å². The topological polar surface area (TPSA) is 46.3 Å². The molecule has 2 aliphatic rings. The largest absolute Gasteiger partial charge is 0.330 e. The van der Waals surface area contributed by atoms with Gasteiger partial charge in [0, 0.05) is 30.6 Å². The molecule has 0 unspecified atom stereocenters. The average molecular weight is 281 g/mol.